The molecule has 1 aromatic carbocycles. The molecule has 34 heavy (non-hydrogen) atoms. The molecule has 3 saturated carbocycles. The average molecular weight is 462 g/mol. The quantitative estimate of drug-likeness (QED) is 0.528. The molecule has 3 heteroatoms. The third-order valence-corrected chi connectivity index (χ3v) is 11.4. The van der Waals surface area contributed by atoms with Gasteiger partial charge in [0.25, 0.3) is 5.91 Å². The summed E-state index contributed by atoms with van der Waals surface area (Å²) in [5.41, 5.74) is 2.38. The number of ketones is 1. The maximum atomic E-state index is 14.0. The lowest BCUT2D eigenvalue weighted by Crippen LogP contribution is -2.64. The Kier molecular flexibility index (Phi) is 5.85. The minimum absolute atomic E-state index is 0.00166. The number of hydrogen-bond donors (Lipinski definition) is 1. The lowest BCUT2D eigenvalue weighted by Gasteiger charge is -2.67. The predicted octanol–water partition coefficient (Wildman–Crippen LogP) is 6.98. The first-order valence-electron chi connectivity index (χ1n) is 13.8. The van der Waals surface area contributed by atoms with E-state index in [4.69, 9.17) is 0 Å². The smallest absolute Gasteiger partial charge is 0.251 e. The van der Waals surface area contributed by atoms with Crippen LogP contribution in [0.3, 0.4) is 0 Å². The van der Waals surface area contributed by atoms with Crippen LogP contribution < -0.4 is 5.32 Å². The summed E-state index contributed by atoms with van der Waals surface area (Å²) in [6, 6.07) is 9.74. The van der Waals surface area contributed by atoms with Crippen molar-refractivity contribution in [3.05, 3.63) is 47.5 Å². The largest absolute Gasteiger partial charge is 0.349 e. The molecular formula is C31H43NO2. The molecule has 0 heterocycles. The number of amides is 1. The van der Waals surface area contributed by atoms with Crippen LogP contribution in [-0.2, 0) is 4.79 Å². The summed E-state index contributed by atoms with van der Waals surface area (Å²) in [4.78, 5) is 26.9. The van der Waals surface area contributed by atoms with Gasteiger partial charge in [-0.25, -0.2) is 0 Å². The van der Waals surface area contributed by atoms with Gasteiger partial charge in [-0.05, 0) is 97.2 Å². The topological polar surface area (TPSA) is 46.2 Å². The van der Waals surface area contributed by atoms with E-state index in [-0.39, 0.29) is 34.1 Å². The monoisotopic (exact) mass is 461 g/mol. The number of carbonyl (C=O) groups excluding carboxylic acids is 2. The fourth-order valence-corrected chi connectivity index (χ4v) is 9.36. The van der Waals surface area contributed by atoms with Gasteiger partial charge in [-0.3, -0.25) is 9.59 Å². The second kappa shape index (κ2) is 8.35. The zero-order chi connectivity index (χ0) is 24.3. The van der Waals surface area contributed by atoms with Crippen LogP contribution in [0.2, 0.25) is 0 Å². The Labute approximate surface area is 206 Å². The number of nitrogens with one attached hydrogen (secondary N) is 1. The highest BCUT2D eigenvalue weighted by molar-refractivity contribution is 5.96. The molecule has 4 aliphatic rings. The van der Waals surface area contributed by atoms with Gasteiger partial charge in [0.2, 0.25) is 0 Å². The van der Waals surface area contributed by atoms with Crippen LogP contribution in [0, 0.1) is 39.9 Å². The first-order chi connectivity index (χ1) is 16.2. The molecule has 1 N–H and O–H groups in total. The normalized spacial score (nSPS) is 43.7. The summed E-state index contributed by atoms with van der Waals surface area (Å²) in [5, 5.41) is 3.36. The van der Waals surface area contributed by atoms with Gasteiger partial charge in [-0.2, -0.15) is 0 Å². The van der Waals surface area contributed by atoms with Crippen molar-refractivity contribution in [3.63, 3.8) is 0 Å². The van der Waals surface area contributed by atoms with E-state index < -0.39 is 0 Å². The van der Waals surface area contributed by atoms with E-state index in [0.29, 0.717) is 23.5 Å². The van der Waals surface area contributed by atoms with Gasteiger partial charge in [-0.15, -0.1) is 0 Å². The van der Waals surface area contributed by atoms with E-state index >= 15 is 0 Å². The molecule has 0 aliphatic heterocycles. The lowest BCUT2D eigenvalue weighted by atomic mass is 9.36. The number of carbonyl (C=O) groups is 2. The molecule has 0 saturated heterocycles. The number of benzene rings is 1. The lowest BCUT2D eigenvalue weighted by molar-refractivity contribution is -0.171. The van der Waals surface area contributed by atoms with Gasteiger partial charge >= 0.3 is 0 Å². The molecular weight excluding hydrogens is 418 g/mol. The summed E-state index contributed by atoms with van der Waals surface area (Å²) >= 11 is 0. The van der Waals surface area contributed by atoms with Crippen LogP contribution in [0.15, 0.2) is 42.0 Å². The molecule has 0 aromatic heterocycles. The van der Waals surface area contributed by atoms with Crippen LogP contribution in [0.4, 0.5) is 0 Å². The summed E-state index contributed by atoms with van der Waals surface area (Å²) in [7, 11) is 0. The molecule has 1 aromatic rings. The SMILES string of the molecule is CC[C@@H]1CCC[C@]2(C)C1=CC(=O)C1[C@@]3(C)CCC(NC(=O)c4ccccc4)[C@H](C)C3CC[C@]12C. The summed E-state index contributed by atoms with van der Waals surface area (Å²) in [5.74, 6) is 1.94. The Morgan fingerprint density at radius 2 is 1.76 bits per heavy atom. The Bertz CT molecular complexity index is 998. The molecule has 3 nitrogen and oxygen atoms in total. The van der Waals surface area contributed by atoms with Gasteiger partial charge in [0.1, 0.15) is 0 Å². The van der Waals surface area contributed by atoms with Crippen LogP contribution in [0.25, 0.3) is 0 Å². The van der Waals surface area contributed by atoms with Crippen LogP contribution >= 0.6 is 0 Å². The van der Waals surface area contributed by atoms with Crippen molar-refractivity contribution in [2.45, 2.75) is 92.0 Å². The highest BCUT2D eigenvalue weighted by Crippen LogP contribution is 2.71. The molecule has 0 spiro atoms. The van der Waals surface area contributed by atoms with Crippen molar-refractivity contribution >= 4 is 11.7 Å². The average Bonchev–Trinajstić information content (AvgIpc) is 2.82. The third-order valence-electron chi connectivity index (χ3n) is 11.4. The maximum Gasteiger partial charge on any atom is 0.251 e. The highest BCUT2D eigenvalue weighted by Gasteiger charge is 2.66. The van der Waals surface area contributed by atoms with Crippen molar-refractivity contribution in [3.8, 4) is 0 Å². The Morgan fingerprint density at radius 1 is 1.03 bits per heavy atom. The van der Waals surface area contributed by atoms with E-state index in [1.165, 1.54) is 24.8 Å². The second-order valence-corrected chi connectivity index (χ2v) is 12.7. The summed E-state index contributed by atoms with van der Waals surface area (Å²) in [6.07, 6.45) is 11.3. The van der Waals surface area contributed by atoms with Gasteiger partial charge in [0.05, 0.1) is 0 Å². The zero-order valence-electron chi connectivity index (χ0n) is 21.8. The number of allylic oxidation sites excluding steroid dienone is 2. The number of rotatable bonds is 3. The van der Waals surface area contributed by atoms with E-state index in [1.54, 1.807) is 0 Å². The van der Waals surface area contributed by atoms with Crippen molar-refractivity contribution < 1.29 is 9.59 Å². The Morgan fingerprint density at radius 3 is 2.47 bits per heavy atom. The standard InChI is InChI=1S/C31H43NO2/c1-6-21-13-10-16-30(4)24(21)19-26(33)27-29(3)17-15-25(20(2)23(29)14-18-31(27,30)5)32-28(34)22-11-8-7-9-12-22/h7-9,11-12,19-21,23,25,27H,6,10,13-18H2,1-5H3,(H,32,34)/t20-,21-,23?,25?,27?,29+,30-,31-/m1/s1. The maximum absolute atomic E-state index is 14.0. The first-order valence-corrected chi connectivity index (χ1v) is 13.8. The molecule has 3 fully saturated rings. The molecule has 184 valence electrons. The molecule has 1 amide bonds. The Balaban J connectivity index is 1.44. The van der Waals surface area contributed by atoms with Gasteiger partial charge in [0.15, 0.2) is 5.78 Å². The number of hydrogen-bond acceptors (Lipinski definition) is 2. The van der Waals surface area contributed by atoms with Crippen LogP contribution in [0.5, 0.6) is 0 Å². The van der Waals surface area contributed by atoms with E-state index in [2.05, 4.69) is 46.0 Å². The molecule has 4 aliphatic carbocycles. The summed E-state index contributed by atoms with van der Waals surface area (Å²) < 4.78 is 0. The van der Waals surface area contributed by atoms with Crippen LogP contribution in [0.1, 0.15) is 96.3 Å². The van der Waals surface area contributed by atoms with Crippen molar-refractivity contribution in [1.29, 1.82) is 0 Å². The predicted molar refractivity (Wildman–Crippen MR) is 137 cm³/mol. The third kappa shape index (κ3) is 3.28. The summed E-state index contributed by atoms with van der Waals surface area (Å²) in [6.45, 7) is 12.0. The first kappa shape index (κ1) is 23.8. The van der Waals surface area contributed by atoms with E-state index in [1.807, 2.05) is 30.3 Å². The molecule has 8 atom stereocenters. The molecule has 5 rings (SSSR count). The minimum Gasteiger partial charge on any atom is -0.349 e. The van der Waals surface area contributed by atoms with Gasteiger partial charge < -0.3 is 5.32 Å². The minimum atomic E-state index is 0.00166. The molecule has 3 unspecified atom stereocenters. The molecule has 0 radical (unpaired) electrons. The van der Waals surface area contributed by atoms with Gasteiger partial charge in [0, 0.05) is 17.5 Å². The highest BCUT2D eigenvalue weighted by atomic mass is 16.1. The van der Waals surface area contributed by atoms with Crippen molar-refractivity contribution in [2.24, 2.45) is 39.9 Å². The fraction of sp³-hybridized carbons (Fsp3) is 0.677. The Hall–Kier alpha value is -1.90. The number of fused-ring (bicyclic) bond motifs is 5. The second-order valence-electron chi connectivity index (χ2n) is 12.7. The van der Waals surface area contributed by atoms with Crippen LogP contribution in [-0.4, -0.2) is 17.7 Å². The van der Waals surface area contributed by atoms with E-state index in [9.17, 15) is 9.59 Å². The fourth-order valence-electron chi connectivity index (χ4n) is 9.36. The van der Waals surface area contributed by atoms with E-state index in [0.717, 1.165) is 37.7 Å². The van der Waals surface area contributed by atoms with Gasteiger partial charge in [-0.1, -0.05) is 64.8 Å². The van der Waals surface area contributed by atoms with Crippen molar-refractivity contribution in [1.82, 2.24) is 5.32 Å². The van der Waals surface area contributed by atoms with Crippen molar-refractivity contribution in [2.75, 3.05) is 0 Å². The molecule has 0 bridgehead atoms. The zero-order valence-corrected chi connectivity index (χ0v) is 21.8.